The van der Waals surface area contributed by atoms with Gasteiger partial charge in [-0.25, -0.2) is 0 Å². The molecule has 6 heteroatoms. The molecule has 1 aromatic rings. The summed E-state index contributed by atoms with van der Waals surface area (Å²) in [6.07, 6.45) is 2.21. The minimum atomic E-state index is -0.438. The van der Waals surface area contributed by atoms with Crippen LogP contribution >= 0.6 is 11.6 Å². The van der Waals surface area contributed by atoms with Crippen LogP contribution in [0.2, 0.25) is 5.02 Å². The third-order valence-electron chi connectivity index (χ3n) is 3.65. The molecule has 2 rings (SSSR count). The first kappa shape index (κ1) is 14.2. The molecule has 0 spiro atoms. The standard InChI is InChI=1S/C13H18ClN3O2/c14-12-2-1-11(7-13(12)17(18)19)9-16-5-3-10(8-15)4-6-16/h1-2,7,10H,3-6,8-9,15H2. The molecule has 1 aliphatic rings. The van der Waals surface area contributed by atoms with Crippen LogP contribution in [0, 0.1) is 16.0 Å². The van der Waals surface area contributed by atoms with Crippen molar-refractivity contribution in [2.75, 3.05) is 19.6 Å². The third-order valence-corrected chi connectivity index (χ3v) is 3.97. The van der Waals surface area contributed by atoms with E-state index in [1.807, 2.05) is 6.07 Å². The predicted octanol–water partition coefficient (Wildman–Crippen LogP) is 2.42. The second kappa shape index (κ2) is 6.32. The maximum atomic E-state index is 10.8. The summed E-state index contributed by atoms with van der Waals surface area (Å²) >= 11 is 5.80. The van der Waals surface area contributed by atoms with Gasteiger partial charge in [0, 0.05) is 12.6 Å². The molecule has 1 aliphatic heterocycles. The number of nitrogens with two attached hydrogens (primary N) is 1. The fourth-order valence-corrected chi connectivity index (χ4v) is 2.62. The average Bonchev–Trinajstić information content (AvgIpc) is 2.41. The summed E-state index contributed by atoms with van der Waals surface area (Å²) in [6, 6.07) is 5.02. The summed E-state index contributed by atoms with van der Waals surface area (Å²) in [5.41, 5.74) is 6.58. The number of halogens is 1. The van der Waals surface area contributed by atoms with Gasteiger partial charge >= 0.3 is 0 Å². The minimum absolute atomic E-state index is 0.0176. The molecule has 0 amide bonds. The van der Waals surface area contributed by atoms with Crippen LogP contribution in [0.25, 0.3) is 0 Å². The molecule has 1 fully saturated rings. The van der Waals surface area contributed by atoms with Crippen LogP contribution in [0.1, 0.15) is 18.4 Å². The maximum absolute atomic E-state index is 10.8. The van der Waals surface area contributed by atoms with Gasteiger partial charge in [0.2, 0.25) is 0 Å². The molecule has 0 aromatic heterocycles. The summed E-state index contributed by atoms with van der Waals surface area (Å²) in [6.45, 7) is 3.48. The highest BCUT2D eigenvalue weighted by Gasteiger charge is 2.19. The highest BCUT2D eigenvalue weighted by atomic mass is 35.5. The second-order valence-electron chi connectivity index (χ2n) is 5.00. The third kappa shape index (κ3) is 3.65. The number of nitro benzene ring substituents is 1. The van der Waals surface area contributed by atoms with Gasteiger partial charge in [0.25, 0.3) is 5.69 Å². The monoisotopic (exact) mass is 283 g/mol. The summed E-state index contributed by atoms with van der Waals surface area (Å²) in [5, 5.41) is 11.0. The molecule has 2 N–H and O–H groups in total. The van der Waals surface area contributed by atoms with Crippen molar-refractivity contribution in [3.05, 3.63) is 38.9 Å². The maximum Gasteiger partial charge on any atom is 0.288 e. The summed E-state index contributed by atoms with van der Waals surface area (Å²) in [5.74, 6) is 0.621. The van der Waals surface area contributed by atoms with Crippen molar-refractivity contribution in [2.24, 2.45) is 11.7 Å². The number of hydrogen-bond acceptors (Lipinski definition) is 4. The van der Waals surface area contributed by atoms with Crippen molar-refractivity contribution in [1.82, 2.24) is 4.90 Å². The number of benzene rings is 1. The van der Waals surface area contributed by atoms with E-state index in [1.165, 1.54) is 0 Å². The molecule has 0 unspecified atom stereocenters. The Bertz CT molecular complexity index is 459. The number of rotatable bonds is 4. The summed E-state index contributed by atoms with van der Waals surface area (Å²) < 4.78 is 0. The molecule has 0 radical (unpaired) electrons. The molecular formula is C13H18ClN3O2. The minimum Gasteiger partial charge on any atom is -0.330 e. The Morgan fingerprint density at radius 3 is 2.68 bits per heavy atom. The lowest BCUT2D eigenvalue weighted by Crippen LogP contribution is -2.35. The van der Waals surface area contributed by atoms with E-state index in [9.17, 15) is 10.1 Å². The SMILES string of the molecule is NCC1CCN(Cc2ccc(Cl)c([N+](=O)[O-])c2)CC1. The first-order chi connectivity index (χ1) is 9.10. The zero-order chi connectivity index (χ0) is 13.8. The largest absolute Gasteiger partial charge is 0.330 e. The van der Waals surface area contributed by atoms with Crippen LogP contribution < -0.4 is 5.73 Å². The summed E-state index contributed by atoms with van der Waals surface area (Å²) in [4.78, 5) is 12.7. The van der Waals surface area contributed by atoms with Crippen molar-refractivity contribution in [3.8, 4) is 0 Å². The molecule has 1 saturated heterocycles. The van der Waals surface area contributed by atoms with Gasteiger partial charge in [0.15, 0.2) is 0 Å². The van der Waals surface area contributed by atoms with Crippen molar-refractivity contribution < 1.29 is 4.92 Å². The predicted molar refractivity (Wildman–Crippen MR) is 75.2 cm³/mol. The van der Waals surface area contributed by atoms with Gasteiger partial charge in [-0.15, -0.1) is 0 Å². The highest BCUT2D eigenvalue weighted by Crippen LogP contribution is 2.26. The van der Waals surface area contributed by atoms with Crippen molar-refractivity contribution in [2.45, 2.75) is 19.4 Å². The molecule has 1 heterocycles. The van der Waals surface area contributed by atoms with E-state index >= 15 is 0 Å². The molecule has 104 valence electrons. The van der Waals surface area contributed by atoms with Crippen LogP contribution in [0.4, 0.5) is 5.69 Å². The Labute approximate surface area is 117 Å². The van der Waals surface area contributed by atoms with Gasteiger partial charge < -0.3 is 5.73 Å². The first-order valence-electron chi connectivity index (χ1n) is 6.45. The molecule has 1 aromatic carbocycles. The van der Waals surface area contributed by atoms with Crippen LogP contribution in [0.5, 0.6) is 0 Å². The van der Waals surface area contributed by atoms with E-state index < -0.39 is 4.92 Å². The number of nitrogens with zero attached hydrogens (tertiary/aromatic N) is 2. The van der Waals surface area contributed by atoms with Crippen LogP contribution in [0.15, 0.2) is 18.2 Å². The number of piperidine rings is 1. The zero-order valence-electron chi connectivity index (χ0n) is 10.7. The fourth-order valence-electron chi connectivity index (χ4n) is 2.43. The first-order valence-corrected chi connectivity index (χ1v) is 6.83. The zero-order valence-corrected chi connectivity index (χ0v) is 11.5. The van der Waals surface area contributed by atoms with Gasteiger partial charge in [-0.2, -0.15) is 0 Å². The van der Waals surface area contributed by atoms with Gasteiger partial charge in [0.05, 0.1) is 4.92 Å². The Morgan fingerprint density at radius 2 is 2.11 bits per heavy atom. The van der Waals surface area contributed by atoms with Gasteiger partial charge in [-0.3, -0.25) is 15.0 Å². The average molecular weight is 284 g/mol. The van der Waals surface area contributed by atoms with Crippen molar-refractivity contribution in [1.29, 1.82) is 0 Å². The Balaban J connectivity index is 2.00. The van der Waals surface area contributed by atoms with E-state index in [0.29, 0.717) is 5.92 Å². The topological polar surface area (TPSA) is 72.4 Å². The lowest BCUT2D eigenvalue weighted by atomic mass is 9.97. The lowest BCUT2D eigenvalue weighted by molar-refractivity contribution is -0.384. The van der Waals surface area contributed by atoms with Crippen molar-refractivity contribution in [3.63, 3.8) is 0 Å². The van der Waals surface area contributed by atoms with E-state index in [-0.39, 0.29) is 10.7 Å². The van der Waals surface area contributed by atoms with Crippen LogP contribution in [0.3, 0.4) is 0 Å². The lowest BCUT2D eigenvalue weighted by Gasteiger charge is -2.31. The molecule has 19 heavy (non-hydrogen) atoms. The van der Waals surface area contributed by atoms with E-state index in [1.54, 1.807) is 12.1 Å². The quantitative estimate of drug-likeness (QED) is 0.680. The van der Waals surface area contributed by atoms with Gasteiger partial charge in [-0.05, 0) is 50.0 Å². The highest BCUT2D eigenvalue weighted by molar-refractivity contribution is 6.32. The Morgan fingerprint density at radius 1 is 1.42 bits per heavy atom. The van der Waals surface area contributed by atoms with Gasteiger partial charge in [-0.1, -0.05) is 17.7 Å². The Hall–Kier alpha value is -1.17. The van der Waals surface area contributed by atoms with E-state index in [0.717, 1.165) is 44.6 Å². The molecule has 5 nitrogen and oxygen atoms in total. The molecule has 0 atom stereocenters. The summed E-state index contributed by atoms with van der Waals surface area (Å²) in [7, 11) is 0. The van der Waals surface area contributed by atoms with Gasteiger partial charge in [0.1, 0.15) is 5.02 Å². The molecule has 0 aliphatic carbocycles. The van der Waals surface area contributed by atoms with Crippen LogP contribution in [-0.4, -0.2) is 29.5 Å². The fraction of sp³-hybridized carbons (Fsp3) is 0.538. The molecule has 0 bridgehead atoms. The normalized spacial score (nSPS) is 17.6. The smallest absolute Gasteiger partial charge is 0.288 e. The van der Waals surface area contributed by atoms with E-state index in [2.05, 4.69) is 4.90 Å². The second-order valence-corrected chi connectivity index (χ2v) is 5.41. The van der Waals surface area contributed by atoms with Crippen LogP contribution in [-0.2, 0) is 6.54 Å². The number of likely N-dealkylation sites (tertiary alicyclic amines) is 1. The van der Waals surface area contributed by atoms with E-state index in [4.69, 9.17) is 17.3 Å². The number of hydrogen-bond donors (Lipinski definition) is 1. The molecular weight excluding hydrogens is 266 g/mol. The number of nitro groups is 1. The molecule has 0 saturated carbocycles. The Kier molecular flexibility index (Phi) is 4.74. The van der Waals surface area contributed by atoms with Crippen molar-refractivity contribution >= 4 is 17.3 Å².